The van der Waals surface area contributed by atoms with E-state index in [1.165, 1.54) is 6.07 Å². The van der Waals surface area contributed by atoms with E-state index in [0.717, 1.165) is 17.0 Å². The summed E-state index contributed by atoms with van der Waals surface area (Å²) in [5, 5.41) is 4.15. The summed E-state index contributed by atoms with van der Waals surface area (Å²) >= 11 is 12.7. The molecule has 0 aliphatic rings. The summed E-state index contributed by atoms with van der Waals surface area (Å²) in [6.45, 7) is 3.51. The Morgan fingerprint density at radius 3 is 2.42 bits per heavy atom. The Morgan fingerprint density at radius 1 is 1.37 bits per heavy atom. The predicted octanol–water partition coefficient (Wildman–Crippen LogP) is 3.21. The maximum Gasteiger partial charge on any atom is 0.264 e. The van der Waals surface area contributed by atoms with Gasteiger partial charge in [0.05, 0.1) is 21.4 Å². The summed E-state index contributed by atoms with van der Waals surface area (Å²) in [5.41, 5.74) is 1.78. The number of nitrogens with zero attached hydrogens (tertiary/aromatic N) is 2. The van der Waals surface area contributed by atoms with Crippen molar-refractivity contribution in [1.82, 2.24) is 9.78 Å². The lowest BCUT2D eigenvalue weighted by molar-refractivity contribution is 0.601. The zero-order chi connectivity index (χ0) is 14.4. The first-order valence-corrected chi connectivity index (χ1v) is 8.26. The molecule has 19 heavy (non-hydrogen) atoms. The standard InChI is InChI=1S/C10H11Cl2N3O2S2/c1-5-9(6(2)15(3)13-5)14-19(16,17)7-4-8(11)18-10(7)12/h4,14H,1-3H3. The van der Waals surface area contributed by atoms with E-state index < -0.39 is 10.0 Å². The van der Waals surface area contributed by atoms with Gasteiger partial charge in [0, 0.05) is 7.05 Å². The lowest BCUT2D eigenvalue weighted by Gasteiger charge is -2.07. The van der Waals surface area contributed by atoms with Crippen LogP contribution in [0.5, 0.6) is 0 Å². The van der Waals surface area contributed by atoms with Gasteiger partial charge in [-0.1, -0.05) is 23.2 Å². The maximum atomic E-state index is 12.3. The topological polar surface area (TPSA) is 64.0 Å². The molecule has 0 aliphatic carbocycles. The number of sulfonamides is 1. The Balaban J connectivity index is 2.45. The number of halogens is 2. The minimum Gasteiger partial charge on any atom is -0.276 e. The summed E-state index contributed by atoms with van der Waals surface area (Å²) in [6, 6.07) is 1.33. The fourth-order valence-corrected chi connectivity index (χ4v) is 4.95. The molecule has 0 atom stereocenters. The van der Waals surface area contributed by atoms with Crippen molar-refractivity contribution in [2.24, 2.45) is 7.05 Å². The summed E-state index contributed by atoms with van der Waals surface area (Å²) in [5.74, 6) is 0. The molecule has 0 aliphatic heterocycles. The lowest BCUT2D eigenvalue weighted by atomic mass is 10.3. The molecular weight excluding hydrogens is 329 g/mol. The molecule has 0 fully saturated rings. The number of aryl methyl sites for hydroxylation is 2. The van der Waals surface area contributed by atoms with E-state index in [9.17, 15) is 8.42 Å². The second-order valence-corrected chi connectivity index (χ2v) is 7.90. The number of thiophene rings is 1. The van der Waals surface area contributed by atoms with Crippen molar-refractivity contribution < 1.29 is 8.42 Å². The van der Waals surface area contributed by atoms with Crippen molar-refractivity contribution in [3.8, 4) is 0 Å². The van der Waals surface area contributed by atoms with Crippen LogP contribution < -0.4 is 4.72 Å². The molecule has 0 bridgehead atoms. The largest absolute Gasteiger partial charge is 0.276 e. The molecule has 0 spiro atoms. The van der Waals surface area contributed by atoms with E-state index in [0.29, 0.717) is 15.7 Å². The monoisotopic (exact) mass is 339 g/mol. The van der Waals surface area contributed by atoms with Crippen molar-refractivity contribution in [3.63, 3.8) is 0 Å². The minimum atomic E-state index is -3.76. The van der Waals surface area contributed by atoms with Gasteiger partial charge in [0.1, 0.15) is 9.23 Å². The summed E-state index contributed by atoms with van der Waals surface area (Å²) in [7, 11) is -2.02. The van der Waals surface area contributed by atoms with Crippen LogP contribution in [-0.2, 0) is 17.1 Å². The Labute approximate surface area is 125 Å². The van der Waals surface area contributed by atoms with E-state index in [1.54, 1.807) is 25.6 Å². The van der Waals surface area contributed by atoms with Gasteiger partial charge in [-0.3, -0.25) is 9.40 Å². The zero-order valence-corrected chi connectivity index (χ0v) is 13.5. The van der Waals surface area contributed by atoms with Crippen LogP contribution in [0.4, 0.5) is 5.69 Å². The predicted molar refractivity (Wildman–Crippen MR) is 77.8 cm³/mol. The number of hydrogen-bond acceptors (Lipinski definition) is 4. The molecule has 2 aromatic rings. The number of rotatable bonds is 3. The van der Waals surface area contributed by atoms with Gasteiger partial charge in [0.15, 0.2) is 0 Å². The smallest absolute Gasteiger partial charge is 0.264 e. The van der Waals surface area contributed by atoms with Crippen LogP contribution in [0.15, 0.2) is 11.0 Å². The molecule has 0 radical (unpaired) electrons. The number of hydrogen-bond donors (Lipinski definition) is 1. The summed E-state index contributed by atoms with van der Waals surface area (Å²) in [4.78, 5) is -0.0215. The van der Waals surface area contributed by atoms with Crippen molar-refractivity contribution in [3.05, 3.63) is 26.1 Å². The lowest BCUT2D eigenvalue weighted by Crippen LogP contribution is -2.13. The second-order valence-electron chi connectivity index (χ2n) is 3.96. The van der Waals surface area contributed by atoms with Crippen LogP contribution in [0.3, 0.4) is 0 Å². The van der Waals surface area contributed by atoms with Gasteiger partial charge < -0.3 is 0 Å². The highest BCUT2D eigenvalue weighted by atomic mass is 35.5. The molecular formula is C10H11Cl2N3O2S2. The number of nitrogens with one attached hydrogen (secondary N) is 1. The van der Waals surface area contributed by atoms with Crippen molar-refractivity contribution in [2.45, 2.75) is 18.7 Å². The Morgan fingerprint density at radius 2 is 2.00 bits per heavy atom. The van der Waals surface area contributed by atoms with E-state index in [2.05, 4.69) is 9.82 Å². The minimum absolute atomic E-state index is 0.0215. The average molecular weight is 340 g/mol. The molecule has 2 heterocycles. The Kier molecular flexibility index (Phi) is 3.83. The quantitative estimate of drug-likeness (QED) is 0.933. The Hall–Kier alpha value is -0.760. The molecule has 0 amide bonds. The molecule has 9 heteroatoms. The highest BCUT2D eigenvalue weighted by Crippen LogP contribution is 2.35. The number of aromatic nitrogens is 2. The summed E-state index contributed by atoms with van der Waals surface area (Å²) in [6.07, 6.45) is 0. The normalized spacial score (nSPS) is 11.8. The van der Waals surface area contributed by atoms with Gasteiger partial charge in [-0.15, -0.1) is 11.3 Å². The molecule has 5 nitrogen and oxygen atoms in total. The van der Waals surface area contributed by atoms with Crippen LogP contribution in [0.2, 0.25) is 8.67 Å². The molecule has 0 aromatic carbocycles. The molecule has 1 N–H and O–H groups in total. The highest BCUT2D eigenvalue weighted by molar-refractivity contribution is 7.93. The van der Waals surface area contributed by atoms with E-state index in [-0.39, 0.29) is 9.23 Å². The third-order valence-electron chi connectivity index (χ3n) is 2.66. The van der Waals surface area contributed by atoms with Crippen LogP contribution in [0.25, 0.3) is 0 Å². The number of anilines is 1. The van der Waals surface area contributed by atoms with Crippen LogP contribution in [0, 0.1) is 13.8 Å². The molecule has 2 rings (SSSR count). The van der Waals surface area contributed by atoms with Crippen molar-refractivity contribution in [2.75, 3.05) is 4.72 Å². The van der Waals surface area contributed by atoms with Gasteiger partial charge in [0.25, 0.3) is 10.0 Å². The van der Waals surface area contributed by atoms with Gasteiger partial charge in [-0.2, -0.15) is 5.10 Å². The van der Waals surface area contributed by atoms with Crippen LogP contribution in [-0.4, -0.2) is 18.2 Å². The molecule has 2 aromatic heterocycles. The van der Waals surface area contributed by atoms with Gasteiger partial charge in [-0.05, 0) is 19.9 Å². The zero-order valence-electron chi connectivity index (χ0n) is 10.4. The van der Waals surface area contributed by atoms with Crippen molar-refractivity contribution in [1.29, 1.82) is 0 Å². The van der Waals surface area contributed by atoms with Gasteiger partial charge in [0.2, 0.25) is 0 Å². The first-order chi connectivity index (χ1) is 8.72. The molecule has 0 saturated heterocycles. The fourth-order valence-electron chi connectivity index (χ4n) is 1.62. The second kappa shape index (κ2) is 4.97. The van der Waals surface area contributed by atoms with Crippen molar-refractivity contribution >= 4 is 50.2 Å². The van der Waals surface area contributed by atoms with Gasteiger partial charge in [-0.25, -0.2) is 8.42 Å². The highest BCUT2D eigenvalue weighted by Gasteiger charge is 2.23. The first kappa shape index (κ1) is 14.6. The fraction of sp³-hybridized carbons (Fsp3) is 0.300. The van der Waals surface area contributed by atoms with Crippen LogP contribution in [0.1, 0.15) is 11.4 Å². The first-order valence-electron chi connectivity index (χ1n) is 5.20. The molecule has 104 valence electrons. The maximum absolute atomic E-state index is 12.3. The Bertz CT molecular complexity index is 734. The molecule has 0 unspecified atom stereocenters. The third kappa shape index (κ3) is 2.74. The van der Waals surface area contributed by atoms with Gasteiger partial charge >= 0.3 is 0 Å². The van der Waals surface area contributed by atoms with Crippen LogP contribution >= 0.6 is 34.5 Å². The SMILES string of the molecule is Cc1nn(C)c(C)c1NS(=O)(=O)c1cc(Cl)sc1Cl. The third-order valence-corrected chi connectivity index (χ3v) is 5.76. The summed E-state index contributed by atoms with van der Waals surface area (Å²) < 4.78 is 29.1. The average Bonchev–Trinajstić information content (AvgIpc) is 2.74. The van der Waals surface area contributed by atoms with E-state index in [1.807, 2.05) is 0 Å². The van der Waals surface area contributed by atoms with E-state index >= 15 is 0 Å². The molecule has 0 saturated carbocycles. The van der Waals surface area contributed by atoms with E-state index in [4.69, 9.17) is 23.2 Å².